The van der Waals surface area contributed by atoms with Crippen molar-refractivity contribution in [2.24, 2.45) is 0 Å². The lowest BCUT2D eigenvalue weighted by Gasteiger charge is -2.04. The van der Waals surface area contributed by atoms with Gasteiger partial charge in [-0.15, -0.1) is 0 Å². The van der Waals surface area contributed by atoms with Gasteiger partial charge in [0, 0.05) is 6.07 Å². The van der Waals surface area contributed by atoms with Crippen molar-refractivity contribution in [3.8, 4) is 11.5 Å². The van der Waals surface area contributed by atoms with Gasteiger partial charge in [0.05, 0.1) is 16.7 Å². The molecule has 1 aromatic carbocycles. The summed E-state index contributed by atoms with van der Waals surface area (Å²) >= 11 is 0. The van der Waals surface area contributed by atoms with Crippen LogP contribution < -0.4 is 9.92 Å². The zero-order chi connectivity index (χ0) is 12.5. The molecule has 0 radical (unpaired) electrons. The molecule has 0 atom stereocenters. The third kappa shape index (κ3) is 2.71. The summed E-state index contributed by atoms with van der Waals surface area (Å²) in [6, 6.07) is 1.43. The Hall–Kier alpha value is -2.07. The standard InChI is InChI=1S/C6H6N2O7S/c7-4-1-3(15-16(12,13)14)2-5(6(4)9)8(10)11/h1-2,9H,7H2,(H,12,13,14). The average molecular weight is 250 g/mol. The van der Waals surface area contributed by atoms with E-state index in [1.54, 1.807) is 0 Å². The van der Waals surface area contributed by atoms with Gasteiger partial charge in [-0.05, 0) is 0 Å². The Balaban J connectivity index is 3.30. The number of phenolic OH excluding ortho intramolecular Hbond substituents is 1. The lowest BCUT2D eigenvalue weighted by molar-refractivity contribution is -0.385. The molecule has 4 N–H and O–H groups in total. The van der Waals surface area contributed by atoms with Crippen LogP contribution in [0.4, 0.5) is 11.4 Å². The van der Waals surface area contributed by atoms with Crippen molar-refractivity contribution in [1.29, 1.82) is 0 Å². The van der Waals surface area contributed by atoms with Crippen LogP contribution in [0.2, 0.25) is 0 Å². The van der Waals surface area contributed by atoms with Crippen molar-refractivity contribution >= 4 is 21.8 Å². The summed E-state index contributed by atoms with van der Waals surface area (Å²) < 4.78 is 33.0. The average Bonchev–Trinajstić information content (AvgIpc) is 2.07. The fraction of sp³-hybridized carbons (Fsp3) is 0. The van der Waals surface area contributed by atoms with Crippen LogP contribution in [0.15, 0.2) is 12.1 Å². The fourth-order valence-corrected chi connectivity index (χ4v) is 1.26. The van der Waals surface area contributed by atoms with E-state index < -0.39 is 38.2 Å². The van der Waals surface area contributed by atoms with E-state index in [-0.39, 0.29) is 0 Å². The Labute approximate surface area is 89.2 Å². The normalized spacial score (nSPS) is 11.1. The highest BCUT2D eigenvalue weighted by atomic mass is 32.3. The van der Waals surface area contributed by atoms with Crippen molar-refractivity contribution in [3.05, 3.63) is 22.2 Å². The van der Waals surface area contributed by atoms with Crippen molar-refractivity contribution in [3.63, 3.8) is 0 Å². The Morgan fingerprint density at radius 3 is 2.44 bits per heavy atom. The summed E-state index contributed by atoms with van der Waals surface area (Å²) in [5.41, 5.74) is 3.88. The molecule has 0 heterocycles. The van der Waals surface area contributed by atoms with Crippen LogP contribution in [-0.4, -0.2) is 23.0 Å². The number of anilines is 1. The summed E-state index contributed by atoms with van der Waals surface area (Å²) in [6.45, 7) is 0. The van der Waals surface area contributed by atoms with Crippen LogP contribution in [0.3, 0.4) is 0 Å². The van der Waals surface area contributed by atoms with E-state index in [0.29, 0.717) is 6.07 Å². The van der Waals surface area contributed by atoms with Crippen LogP contribution in [0.5, 0.6) is 11.5 Å². The first-order chi connectivity index (χ1) is 7.20. The number of nitro benzene ring substituents is 1. The fourth-order valence-electron chi connectivity index (χ4n) is 0.923. The summed E-state index contributed by atoms with van der Waals surface area (Å²) in [5.74, 6) is -1.39. The van der Waals surface area contributed by atoms with Crippen molar-refractivity contribution in [1.82, 2.24) is 0 Å². The van der Waals surface area contributed by atoms with Crippen LogP contribution >= 0.6 is 0 Å². The molecule has 0 spiro atoms. The maximum absolute atomic E-state index is 10.4. The molecule has 16 heavy (non-hydrogen) atoms. The second kappa shape index (κ2) is 3.83. The molecule has 9 nitrogen and oxygen atoms in total. The number of rotatable bonds is 3. The number of nitrogens with zero attached hydrogens (tertiary/aromatic N) is 1. The number of hydrogen-bond acceptors (Lipinski definition) is 7. The third-order valence-electron chi connectivity index (χ3n) is 1.49. The molecule has 0 saturated heterocycles. The van der Waals surface area contributed by atoms with Gasteiger partial charge in [-0.1, -0.05) is 0 Å². The van der Waals surface area contributed by atoms with E-state index in [1.807, 2.05) is 0 Å². The molecule has 0 aliphatic carbocycles. The second-order valence-electron chi connectivity index (χ2n) is 2.65. The van der Waals surface area contributed by atoms with Crippen LogP contribution in [0.25, 0.3) is 0 Å². The molecule has 0 amide bonds. The smallest absolute Gasteiger partial charge is 0.446 e. The molecule has 0 unspecified atom stereocenters. The first kappa shape index (κ1) is 12.0. The van der Waals surface area contributed by atoms with Crippen LogP contribution in [-0.2, 0) is 10.4 Å². The maximum atomic E-state index is 10.4. The quantitative estimate of drug-likeness (QED) is 0.224. The number of nitro groups is 1. The molecule has 0 bridgehead atoms. The minimum absolute atomic E-state index is 0.451. The summed E-state index contributed by atoms with van der Waals surface area (Å²) in [6.07, 6.45) is 0. The van der Waals surface area contributed by atoms with Crippen molar-refractivity contribution in [2.75, 3.05) is 5.73 Å². The molecule has 0 saturated carbocycles. The van der Waals surface area contributed by atoms with Gasteiger partial charge in [0.1, 0.15) is 0 Å². The number of nitrogen functional groups attached to an aromatic ring is 1. The first-order valence-corrected chi connectivity index (χ1v) is 5.01. The number of phenols is 1. The van der Waals surface area contributed by atoms with Gasteiger partial charge in [-0.3, -0.25) is 14.7 Å². The molecule has 0 aliphatic heterocycles. The third-order valence-corrected chi connectivity index (χ3v) is 1.89. The molecule has 1 rings (SSSR count). The number of benzene rings is 1. The molecular weight excluding hydrogens is 244 g/mol. The molecule has 0 fully saturated rings. The highest BCUT2D eigenvalue weighted by molar-refractivity contribution is 7.81. The molecule has 88 valence electrons. The van der Waals surface area contributed by atoms with Crippen LogP contribution in [0, 0.1) is 10.1 Å². The molecule has 1 aromatic rings. The highest BCUT2D eigenvalue weighted by Crippen LogP contribution is 2.36. The SMILES string of the molecule is Nc1cc(OS(=O)(=O)O)cc([N+](=O)[O-])c1O. The monoisotopic (exact) mass is 250 g/mol. The molecule has 10 heteroatoms. The van der Waals surface area contributed by atoms with Crippen molar-refractivity contribution < 1.29 is 27.2 Å². The number of aromatic hydroxyl groups is 1. The van der Waals surface area contributed by atoms with Gasteiger partial charge < -0.3 is 15.0 Å². The Morgan fingerprint density at radius 2 is 2.00 bits per heavy atom. The summed E-state index contributed by atoms with van der Waals surface area (Å²) in [7, 11) is -4.81. The van der Waals surface area contributed by atoms with E-state index in [2.05, 4.69) is 4.18 Å². The van der Waals surface area contributed by atoms with Gasteiger partial charge in [0.25, 0.3) is 0 Å². The Morgan fingerprint density at radius 1 is 1.44 bits per heavy atom. The topological polar surface area (TPSA) is 153 Å². The maximum Gasteiger partial charge on any atom is 0.446 e. The summed E-state index contributed by atoms with van der Waals surface area (Å²) in [4.78, 5) is 9.43. The number of hydrogen-bond donors (Lipinski definition) is 3. The first-order valence-electron chi connectivity index (χ1n) is 3.64. The zero-order valence-electron chi connectivity index (χ0n) is 7.52. The zero-order valence-corrected chi connectivity index (χ0v) is 8.34. The molecular formula is C6H6N2O7S. The van der Waals surface area contributed by atoms with E-state index in [4.69, 9.17) is 15.4 Å². The Kier molecular flexibility index (Phi) is 2.87. The van der Waals surface area contributed by atoms with E-state index in [9.17, 15) is 18.5 Å². The largest absolute Gasteiger partial charge is 0.501 e. The Bertz CT molecular complexity index is 538. The van der Waals surface area contributed by atoms with Crippen molar-refractivity contribution in [2.45, 2.75) is 0 Å². The van der Waals surface area contributed by atoms with E-state index in [1.165, 1.54) is 0 Å². The van der Waals surface area contributed by atoms with E-state index in [0.717, 1.165) is 6.07 Å². The van der Waals surface area contributed by atoms with E-state index >= 15 is 0 Å². The van der Waals surface area contributed by atoms with Gasteiger partial charge in [-0.25, -0.2) is 0 Å². The molecule has 0 aliphatic rings. The molecule has 0 aromatic heterocycles. The minimum atomic E-state index is -4.81. The number of nitrogens with two attached hydrogens (primary N) is 1. The van der Waals surface area contributed by atoms with Gasteiger partial charge in [0.15, 0.2) is 5.75 Å². The lowest BCUT2D eigenvalue weighted by Crippen LogP contribution is -2.07. The van der Waals surface area contributed by atoms with Gasteiger partial charge >= 0.3 is 16.1 Å². The predicted molar refractivity (Wildman–Crippen MR) is 51.4 cm³/mol. The highest BCUT2D eigenvalue weighted by Gasteiger charge is 2.20. The summed E-state index contributed by atoms with van der Waals surface area (Å²) in [5, 5.41) is 19.6. The predicted octanol–water partition coefficient (Wildman–Crippen LogP) is 0.0642. The second-order valence-corrected chi connectivity index (χ2v) is 3.67. The minimum Gasteiger partial charge on any atom is -0.501 e. The lowest BCUT2D eigenvalue weighted by atomic mass is 10.2. The van der Waals surface area contributed by atoms with Crippen LogP contribution in [0.1, 0.15) is 0 Å². The van der Waals surface area contributed by atoms with Gasteiger partial charge in [-0.2, -0.15) is 8.42 Å². The van der Waals surface area contributed by atoms with Gasteiger partial charge in [0.2, 0.25) is 5.75 Å².